The third-order valence-corrected chi connectivity index (χ3v) is 6.89. The van der Waals surface area contributed by atoms with Gasteiger partial charge in [0.2, 0.25) is 0 Å². The molecule has 0 saturated heterocycles. The number of rotatable bonds is 1. The van der Waals surface area contributed by atoms with E-state index in [4.69, 9.17) is 4.74 Å². The lowest BCUT2D eigenvalue weighted by Gasteiger charge is -2.53. The van der Waals surface area contributed by atoms with E-state index >= 15 is 0 Å². The minimum absolute atomic E-state index is 0.124. The number of allylic oxidation sites excluding steroid dienone is 2. The van der Waals surface area contributed by atoms with Crippen molar-refractivity contribution in [2.45, 2.75) is 64.4 Å². The molecule has 0 aliphatic heterocycles. The Morgan fingerprint density at radius 2 is 1.96 bits per heavy atom. The molecule has 2 saturated carbocycles. The summed E-state index contributed by atoms with van der Waals surface area (Å²) in [6.07, 6.45) is 8.86. The van der Waals surface area contributed by atoms with Gasteiger partial charge in [-0.3, -0.25) is 14.4 Å². The first-order chi connectivity index (χ1) is 11.4. The fourth-order valence-electron chi connectivity index (χ4n) is 5.72. The predicted molar refractivity (Wildman–Crippen MR) is 88.1 cm³/mol. The Kier molecular flexibility index (Phi) is 3.38. The molecule has 4 rings (SSSR count). The Morgan fingerprint density at radius 1 is 1.17 bits per heavy atom. The Hall–Kier alpha value is -1.71. The summed E-state index contributed by atoms with van der Waals surface area (Å²) in [4.78, 5) is 36.2. The number of carbonyl (C=O) groups excluding carboxylic acids is 3. The second-order valence-corrected chi connectivity index (χ2v) is 8.05. The molecular weight excluding hydrogens is 304 g/mol. The molecule has 128 valence electrons. The van der Waals surface area contributed by atoms with E-state index in [9.17, 15) is 14.4 Å². The molecule has 4 aliphatic rings. The molecule has 4 atom stereocenters. The van der Waals surface area contributed by atoms with Crippen LogP contribution in [0.15, 0.2) is 23.3 Å². The van der Waals surface area contributed by atoms with E-state index in [2.05, 4.69) is 13.0 Å². The van der Waals surface area contributed by atoms with Crippen LogP contribution in [0.25, 0.3) is 0 Å². The van der Waals surface area contributed by atoms with Gasteiger partial charge in [0, 0.05) is 31.1 Å². The highest BCUT2D eigenvalue weighted by atomic mass is 16.6. The van der Waals surface area contributed by atoms with Crippen molar-refractivity contribution in [3.05, 3.63) is 23.3 Å². The summed E-state index contributed by atoms with van der Waals surface area (Å²) < 4.78 is 5.92. The number of hydrogen-bond acceptors (Lipinski definition) is 4. The zero-order valence-electron chi connectivity index (χ0n) is 14.4. The highest BCUT2D eigenvalue weighted by Crippen LogP contribution is 2.60. The first kappa shape index (κ1) is 15.8. The molecule has 0 radical (unpaired) electrons. The van der Waals surface area contributed by atoms with Gasteiger partial charge in [0.1, 0.15) is 11.4 Å². The molecule has 0 aromatic rings. The van der Waals surface area contributed by atoms with Crippen molar-refractivity contribution >= 4 is 17.5 Å². The smallest absolute Gasteiger partial charge is 0.303 e. The maximum absolute atomic E-state index is 12.4. The second-order valence-electron chi connectivity index (χ2n) is 8.05. The molecule has 24 heavy (non-hydrogen) atoms. The van der Waals surface area contributed by atoms with Gasteiger partial charge in [-0.1, -0.05) is 18.6 Å². The number of Topliss-reactive ketones (excluding diaryl/α,β-unsaturated/α-hetero) is 1. The van der Waals surface area contributed by atoms with Gasteiger partial charge in [-0.05, 0) is 49.7 Å². The van der Waals surface area contributed by atoms with E-state index in [1.165, 1.54) is 12.5 Å². The predicted octanol–water partition coefficient (Wildman–Crippen LogP) is 3.30. The molecule has 0 amide bonds. The topological polar surface area (TPSA) is 60.4 Å². The number of fused-ring (bicyclic) bond motifs is 5. The van der Waals surface area contributed by atoms with Gasteiger partial charge in [-0.25, -0.2) is 0 Å². The van der Waals surface area contributed by atoms with Crippen molar-refractivity contribution in [3.8, 4) is 0 Å². The van der Waals surface area contributed by atoms with Crippen molar-refractivity contribution in [2.75, 3.05) is 0 Å². The first-order valence-corrected chi connectivity index (χ1v) is 9.03. The molecule has 4 aliphatic carbocycles. The molecule has 0 heterocycles. The molecular formula is C20H24O4. The number of esters is 1. The average molecular weight is 328 g/mol. The van der Waals surface area contributed by atoms with Crippen LogP contribution < -0.4 is 0 Å². The zero-order chi connectivity index (χ0) is 17.1. The van der Waals surface area contributed by atoms with E-state index in [1.807, 2.05) is 0 Å². The Labute approximate surface area is 142 Å². The van der Waals surface area contributed by atoms with Crippen LogP contribution in [0.4, 0.5) is 0 Å². The maximum Gasteiger partial charge on any atom is 0.303 e. The summed E-state index contributed by atoms with van der Waals surface area (Å²) in [7, 11) is 0. The van der Waals surface area contributed by atoms with Crippen molar-refractivity contribution in [1.29, 1.82) is 0 Å². The SMILES string of the molecule is CC(=O)O[C@]12CCC(=O)C=C1CC=C1[C@@H]3CCC(=O)[C@@]3(C)CC[C@@H]12. The summed E-state index contributed by atoms with van der Waals surface area (Å²) in [5.41, 5.74) is 1.36. The summed E-state index contributed by atoms with van der Waals surface area (Å²) >= 11 is 0. The first-order valence-electron chi connectivity index (χ1n) is 9.03. The molecule has 0 bridgehead atoms. The molecule has 0 N–H and O–H groups in total. The van der Waals surface area contributed by atoms with E-state index < -0.39 is 5.60 Å². The van der Waals surface area contributed by atoms with Gasteiger partial charge in [0.25, 0.3) is 0 Å². The molecule has 0 aromatic heterocycles. The molecule has 4 heteroatoms. The van der Waals surface area contributed by atoms with Gasteiger partial charge < -0.3 is 4.74 Å². The lowest BCUT2D eigenvalue weighted by molar-refractivity contribution is -0.162. The van der Waals surface area contributed by atoms with Crippen LogP contribution in [0.1, 0.15) is 58.8 Å². The van der Waals surface area contributed by atoms with Crippen LogP contribution in [0.3, 0.4) is 0 Å². The fraction of sp³-hybridized carbons (Fsp3) is 0.650. The quantitative estimate of drug-likeness (QED) is 0.547. The Bertz CT molecular complexity index is 700. The number of carbonyl (C=O) groups is 3. The normalized spacial score (nSPS) is 40.9. The minimum atomic E-state index is -0.656. The second kappa shape index (κ2) is 5.14. The summed E-state index contributed by atoms with van der Waals surface area (Å²) in [6, 6.07) is 0. The zero-order valence-corrected chi connectivity index (χ0v) is 14.4. The molecule has 2 fully saturated rings. The van der Waals surface area contributed by atoms with Crippen LogP contribution in [0.5, 0.6) is 0 Å². The minimum Gasteiger partial charge on any atom is -0.454 e. The molecule has 0 aromatic carbocycles. The van der Waals surface area contributed by atoms with E-state index in [0.717, 1.165) is 24.8 Å². The number of ether oxygens (including phenoxy) is 1. The van der Waals surface area contributed by atoms with Gasteiger partial charge >= 0.3 is 5.97 Å². The highest BCUT2D eigenvalue weighted by Gasteiger charge is 2.59. The van der Waals surface area contributed by atoms with Crippen molar-refractivity contribution in [2.24, 2.45) is 17.3 Å². The highest BCUT2D eigenvalue weighted by molar-refractivity contribution is 5.92. The lowest BCUT2D eigenvalue weighted by Crippen LogP contribution is -2.53. The summed E-state index contributed by atoms with van der Waals surface area (Å²) in [5, 5.41) is 0. The largest absolute Gasteiger partial charge is 0.454 e. The van der Waals surface area contributed by atoms with Gasteiger partial charge in [0.05, 0.1) is 0 Å². The third-order valence-electron chi connectivity index (χ3n) is 6.89. The number of hydrogen-bond donors (Lipinski definition) is 0. The van der Waals surface area contributed by atoms with Gasteiger partial charge in [0.15, 0.2) is 5.78 Å². The van der Waals surface area contributed by atoms with Crippen LogP contribution in [-0.4, -0.2) is 23.1 Å². The van der Waals surface area contributed by atoms with Gasteiger partial charge in [-0.15, -0.1) is 0 Å². The summed E-state index contributed by atoms with van der Waals surface area (Å²) in [5.74, 6) is 0.621. The van der Waals surface area contributed by atoms with E-state index in [0.29, 0.717) is 31.5 Å². The van der Waals surface area contributed by atoms with Crippen LogP contribution in [0, 0.1) is 17.3 Å². The number of ketones is 2. The maximum atomic E-state index is 12.4. The average Bonchev–Trinajstić information content (AvgIpc) is 2.83. The van der Waals surface area contributed by atoms with Crippen LogP contribution in [0.2, 0.25) is 0 Å². The standard InChI is InChI=1S/C20H24O4/c1-12(21)24-20-10-7-14(22)11-13(20)3-4-15-16-5-6-18(23)19(16,2)9-8-17(15)20/h4,11,16-17H,3,5-10H2,1-2H3/t16-,17-,19-,20+/m0/s1. The van der Waals surface area contributed by atoms with Crippen LogP contribution in [-0.2, 0) is 19.1 Å². The van der Waals surface area contributed by atoms with E-state index in [1.54, 1.807) is 6.08 Å². The molecule has 4 nitrogen and oxygen atoms in total. The lowest BCUT2D eigenvalue weighted by atomic mass is 9.54. The fourth-order valence-corrected chi connectivity index (χ4v) is 5.72. The van der Waals surface area contributed by atoms with Crippen LogP contribution >= 0.6 is 0 Å². The van der Waals surface area contributed by atoms with Crippen molar-refractivity contribution in [3.63, 3.8) is 0 Å². The third kappa shape index (κ3) is 2.01. The molecule has 0 spiro atoms. The van der Waals surface area contributed by atoms with Crippen molar-refractivity contribution in [1.82, 2.24) is 0 Å². The Balaban J connectivity index is 1.80. The van der Waals surface area contributed by atoms with E-state index in [-0.39, 0.29) is 29.0 Å². The Morgan fingerprint density at radius 3 is 2.71 bits per heavy atom. The van der Waals surface area contributed by atoms with Gasteiger partial charge in [-0.2, -0.15) is 0 Å². The summed E-state index contributed by atoms with van der Waals surface area (Å²) in [6.45, 7) is 3.56. The monoisotopic (exact) mass is 328 g/mol. The molecule has 0 unspecified atom stereocenters. The van der Waals surface area contributed by atoms with Crippen molar-refractivity contribution < 1.29 is 19.1 Å².